The highest BCUT2D eigenvalue weighted by Gasteiger charge is 2.16. The number of nitrogens with one attached hydrogen (secondary N) is 2. The number of amides is 2. The molecule has 0 aliphatic heterocycles. The molecule has 0 radical (unpaired) electrons. The van der Waals surface area contributed by atoms with Gasteiger partial charge in [-0.05, 0) is 37.6 Å². The topological polar surface area (TPSA) is 98.0 Å². The molecule has 2 heterocycles. The fourth-order valence-corrected chi connectivity index (χ4v) is 3.10. The second-order valence-corrected chi connectivity index (χ2v) is 7.29. The van der Waals surface area contributed by atoms with Crippen LogP contribution in [0.25, 0.3) is 0 Å². The van der Waals surface area contributed by atoms with Gasteiger partial charge >= 0.3 is 0 Å². The Morgan fingerprint density at radius 3 is 2.52 bits per heavy atom. The van der Waals surface area contributed by atoms with E-state index in [1.807, 2.05) is 20.9 Å². The van der Waals surface area contributed by atoms with Gasteiger partial charge in [0, 0.05) is 37.1 Å². The van der Waals surface area contributed by atoms with E-state index in [0.29, 0.717) is 0 Å². The summed E-state index contributed by atoms with van der Waals surface area (Å²) >= 11 is 0. The van der Waals surface area contributed by atoms with Gasteiger partial charge in [-0.3, -0.25) is 19.1 Å². The molecule has 0 fully saturated rings. The van der Waals surface area contributed by atoms with Gasteiger partial charge in [-0.15, -0.1) is 0 Å². The summed E-state index contributed by atoms with van der Waals surface area (Å²) in [6.45, 7) is 3.73. The maximum absolute atomic E-state index is 13.0. The maximum atomic E-state index is 13.0. The normalized spacial score (nSPS) is 11.7. The smallest absolute Gasteiger partial charge is 0.253 e. The van der Waals surface area contributed by atoms with Crippen LogP contribution < -0.4 is 16.2 Å². The van der Waals surface area contributed by atoms with Gasteiger partial charge in [-0.1, -0.05) is 12.1 Å². The van der Waals surface area contributed by atoms with E-state index in [0.717, 1.165) is 16.8 Å². The minimum absolute atomic E-state index is 0.204. The molecule has 162 valence electrons. The molecule has 9 heteroatoms. The van der Waals surface area contributed by atoms with Crippen LogP contribution in [0.4, 0.5) is 4.39 Å². The zero-order valence-corrected chi connectivity index (χ0v) is 17.6. The van der Waals surface area contributed by atoms with Gasteiger partial charge in [0.2, 0.25) is 5.91 Å². The Morgan fingerprint density at radius 1 is 1.16 bits per heavy atom. The van der Waals surface area contributed by atoms with Gasteiger partial charge in [0.25, 0.3) is 11.5 Å². The van der Waals surface area contributed by atoms with E-state index in [4.69, 9.17) is 0 Å². The summed E-state index contributed by atoms with van der Waals surface area (Å²) in [5.41, 5.74) is 2.43. The average Bonchev–Trinajstić information content (AvgIpc) is 3.07. The molecule has 3 aromatic rings. The van der Waals surface area contributed by atoms with E-state index in [2.05, 4.69) is 15.7 Å². The number of nitrogens with zero attached hydrogens (tertiary/aromatic N) is 3. The van der Waals surface area contributed by atoms with Crippen LogP contribution in [-0.4, -0.2) is 26.2 Å². The van der Waals surface area contributed by atoms with Crippen LogP contribution in [0.1, 0.15) is 40.1 Å². The lowest BCUT2D eigenvalue weighted by atomic mass is 10.1. The lowest BCUT2D eigenvalue weighted by Crippen LogP contribution is -2.33. The van der Waals surface area contributed by atoms with Crippen LogP contribution in [0.3, 0.4) is 0 Å². The van der Waals surface area contributed by atoms with Crippen molar-refractivity contribution < 1.29 is 14.0 Å². The van der Waals surface area contributed by atoms with E-state index in [1.54, 1.807) is 23.0 Å². The van der Waals surface area contributed by atoms with E-state index >= 15 is 0 Å². The van der Waals surface area contributed by atoms with Gasteiger partial charge in [0.15, 0.2) is 0 Å². The van der Waals surface area contributed by atoms with Crippen molar-refractivity contribution in [2.45, 2.75) is 33.0 Å². The van der Waals surface area contributed by atoms with Crippen molar-refractivity contribution in [2.24, 2.45) is 7.05 Å². The SMILES string of the molecule is Cc1c(C(C)NC(=O)c2ccc(=O)n(CC(=O)NCc3ccc(F)cc3)c2)cnn1C. The summed E-state index contributed by atoms with van der Waals surface area (Å²) in [5, 5.41) is 9.73. The molecule has 2 aromatic heterocycles. The number of pyridine rings is 1. The number of benzene rings is 1. The van der Waals surface area contributed by atoms with Gasteiger partial charge in [-0.25, -0.2) is 4.39 Å². The highest BCUT2D eigenvalue weighted by molar-refractivity contribution is 5.94. The molecular formula is C22H24FN5O3. The summed E-state index contributed by atoms with van der Waals surface area (Å²) in [4.78, 5) is 37.0. The third-order valence-electron chi connectivity index (χ3n) is 5.05. The first-order valence-electron chi connectivity index (χ1n) is 9.75. The lowest BCUT2D eigenvalue weighted by Gasteiger charge is -2.14. The summed E-state index contributed by atoms with van der Waals surface area (Å²) in [6.07, 6.45) is 3.06. The molecule has 0 aliphatic rings. The highest BCUT2D eigenvalue weighted by Crippen LogP contribution is 2.16. The molecule has 31 heavy (non-hydrogen) atoms. The summed E-state index contributed by atoms with van der Waals surface area (Å²) < 4.78 is 15.9. The quantitative estimate of drug-likeness (QED) is 0.604. The van der Waals surface area contributed by atoms with Crippen molar-refractivity contribution in [1.82, 2.24) is 25.0 Å². The van der Waals surface area contributed by atoms with Crippen molar-refractivity contribution in [2.75, 3.05) is 0 Å². The molecule has 0 aliphatic carbocycles. The number of rotatable bonds is 7. The molecule has 0 saturated heterocycles. The lowest BCUT2D eigenvalue weighted by molar-refractivity contribution is -0.121. The predicted octanol–water partition coefficient (Wildman–Crippen LogP) is 1.84. The van der Waals surface area contributed by atoms with Gasteiger partial charge in [-0.2, -0.15) is 5.10 Å². The van der Waals surface area contributed by atoms with Crippen LogP contribution in [0.2, 0.25) is 0 Å². The molecule has 2 amide bonds. The second kappa shape index (κ2) is 9.38. The number of hydrogen-bond acceptors (Lipinski definition) is 4. The van der Waals surface area contributed by atoms with Crippen LogP contribution in [0.5, 0.6) is 0 Å². The fraction of sp³-hybridized carbons (Fsp3) is 0.273. The van der Waals surface area contributed by atoms with Crippen molar-refractivity contribution in [3.8, 4) is 0 Å². The Bertz CT molecular complexity index is 1150. The van der Waals surface area contributed by atoms with Crippen molar-refractivity contribution >= 4 is 11.8 Å². The largest absolute Gasteiger partial charge is 0.350 e. The van der Waals surface area contributed by atoms with E-state index in [9.17, 15) is 18.8 Å². The van der Waals surface area contributed by atoms with Crippen LogP contribution >= 0.6 is 0 Å². The number of hydrogen-bond donors (Lipinski definition) is 2. The van der Waals surface area contributed by atoms with Gasteiger partial charge in [0.1, 0.15) is 12.4 Å². The average molecular weight is 425 g/mol. The van der Waals surface area contributed by atoms with Crippen LogP contribution in [0.15, 0.2) is 53.6 Å². The van der Waals surface area contributed by atoms with Crippen LogP contribution in [0, 0.1) is 12.7 Å². The third-order valence-corrected chi connectivity index (χ3v) is 5.05. The van der Waals surface area contributed by atoms with Crippen LogP contribution in [-0.2, 0) is 24.9 Å². The van der Waals surface area contributed by atoms with E-state index in [1.165, 1.54) is 35.0 Å². The van der Waals surface area contributed by atoms with Gasteiger partial charge < -0.3 is 15.2 Å². The zero-order valence-electron chi connectivity index (χ0n) is 17.6. The standard InChI is InChI=1S/C22H24FN5O3/c1-14(19-11-25-27(3)15(19)2)26-22(31)17-6-9-21(30)28(12-17)13-20(29)24-10-16-4-7-18(23)8-5-16/h4-9,11-12,14H,10,13H2,1-3H3,(H,24,29)(H,26,31). The predicted molar refractivity (Wildman–Crippen MR) is 113 cm³/mol. The molecule has 0 bridgehead atoms. The van der Waals surface area contributed by atoms with Crippen molar-refractivity contribution in [1.29, 1.82) is 0 Å². The molecular weight excluding hydrogens is 401 g/mol. The maximum Gasteiger partial charge on any atom is 0.253 e. The number of halogens is 1. The van der Waals surface area contributed by atoms with Gasteiger partial charge in [0.05, 0.1) is 17.8 Å². The molecule has 1 atom stereocenters. The molecule has 1 unspecified atom stereocenters. The zero-order chi connectivity index (χ0) is 22.5. The summed E-state index contributed by atoms with van der Waals surface area (Å²) in [7, 11) is 1.82. The highest BCUT2D eigenvalue weighted by atomic mass is 19.1. The molecule has 3 rings (SSSR count). The first kappa shape index (κ1) is 21.9. The molecule has 0 saturated carbocycles. The van der Waals surface area contributed by atoms with Crippen molar-refractivity contribution in [3.05, 3.63) is 87.3 Å². The molecule has 8 nitrogen and oxygen atoms in total. The summed E-state index contributed by atoms with van der Waals surface area (Å²) in [5.74, 6) is -1.12. The number of carbonyl (C=O) groups excluding carboxylic acids is 2. The molecule has 0 spiro atoms. The number of aromatic nitrogens is 3. The minimum Gasteiger partial charge on any atom is -0.350 e. The Balaban J connectivity index is 1.64. The summed E-state index contributed by atoms with van der Waals surface area (Å²) in [6, 6.07) is 8.15. The first-order valence-corrected chi connectivity index (χ1v) is 9.75. The number of carbonyl (C=O) groups is 2. The molecule has 1 aromatic carbocycles. The van der Waals surface area contributed by atoms with Crippen molar-refractivity contribution in [3.63, 3.8) is 0 Å². The Hall–Kier alpha value is -3.75. The van der Waals surface area contributed by atoms with E-state index < -0.39 is 11.5 Å². The molecule has 2 N–H and O–H groups in total. The second-order valence-electron chi connectivity index (χ2n) is 7.29. The Labute approximate surface area is 178 Å². The first-order chi connectivity index (χ1) is 14.7. The Kier molecular flexibility index (Phi) is 6.64. The third kappa shape index (κ3) is 5.44. The minimum atomic E-state index is -0.400. The van der Waals surface area contributed by atoms with E-state index in [-0.39, 0.29) is 36.4 Å². The Morgan fingerprint density at radius 2 is 1.87 bits per heavy atom. The number of aryl methyl sites for hydroxylation is 1. The monoisotopic (exact) mass is 425 g/mol. The fourth-order valence-electron chi connectivity index (χ4n) is 3.10.